The lowest BCUT2D eigenvalue weighted by molar-refractivity contribution is -0.0331. The quantitative estimate of drug-likeness (QED) is 0.889. The first kappa shape index (κ1) is 14.4. The molecule has 0 saturated carbocycles. The van der Waals surface area contributed by atoms with Crippen molar-refractivity contribution in [2.24, 2.45) is 0 Å². The zero-order chi connectivity index (χ0) is 13.7. The molecule has 1 heterocycles. The Bertz CT molecular complexity index is 399. The van der Waals surface area contributed by atoms with E-state index in [1.807, 2.05) is 0 Å². The van der Waals surface area contributed by atoms with Crippen molar-refractivity contribution >= 4 is 0 Å². The molecule has 0 aliphatic carbocycles. The molecule has 1 aromatic rings. The minimum absolute atomic E-state index is 0.291. The van der Waals surface area contributed by atoms with E-state index in [2.05, 4.69) is 11.8 Å². The van der Waals surface area contributed by atoms with E-state index in [9.17, 15) is 9.50 Å². The van der Waals surface area contributed by atoms with Gasteiger partial charge in [0, 0.05) is 25.2 Å². The van der Waals surface area contributed by atoms with Gasteiger partial charge in [-0.05, 0) is 18.9 Å². The monoisotopic (exact) mass is 267 g/mol. The average Bonchev–Trinajstić information content (AvgIpc) is 2.45. The van der Waals surface area contributed by atoms with Gasteiger partial charge in [-0.25, -0.2) is 4.39 Å². The van der Waals surface area contributed by atoms with Gasteiger partial charge in [0.05, 0.1) is 18.8 Å². The first-order chi connectivity index (χ1) is 9.20. The predicted molar refractivity (Wildman–Crippen MR) is 72.4 cm³/mol. The maximum Gasteiger partial charge on any atom is 0.128 e. The van der Waals surface area contributed by atoms with Gasteiger partial charge in [0.1, 0.15) is 5.82 Å². The van der Waals surface area contributed by atoms with Crippen LogP contribution in [0.25, 0.3) is 0 Å². The number of ether oxygens (including phenoxy) is 1. The summed E-state index contributed by atoms with van der Waals surface area (Å²) in [6.45, 7) is 5.42. The number of halogens is 1. The molecule has 0 radical (unpaired) electrons. The topological polar surface area (TPSA) is 32.7 Å². The fraction of sp³-hybridized carbons (Fsp3) is 0.600. The number of hydrogen-bond acceptors (Lipinski definition) is 3. The maximum absolute atomic E-state index is 13.5. The highest BCUT2D eigenvalue weighted by atomic mass is 19.1. The van der Waals surface area contributed by atoms with Crippen molar-refractivity contribution in [1.82, 2.24) is 4.90 Å². The zero-order valence-corrected chi connectivity index (χ0v) is 11.4. The lowest BCUT2D eigenvalue weighted by Crippen LogP contribution is -2.42. The van der Waals surface area contributed by atoms with Crippen LogP contribution in [-0.4, -0.2) is 42.4 Å². The van der Waals surface area contributed by atoms with Crippen molar-refractivity contribution in [2.75, 3.05) is 26.2 Å². The van der Waals surface area contributed by atoms with Gasteiger partial charge < -0.3 is 9.84 Å². The molecule has 1 aliphatic heterocycles. The summed E-state index contributed by atoms with van der Waals surface area (Å²) in [6.07, 6.45) is 1.12. The van der Waals surface area contributed by atoms with Crippen molar-refractivity contribution < 1.29 is 14.2 Å². The molecule has 0 amide bonds. The summed E-state index contributed by atoms with van der Waals surface area (Å²) in [7, 11) is 0. The first-order valence-electron chi connectivity index (χ1n) is 6.97. The average molecular weight is 267 g/mol. The van der Waals surface area contributed by atoms with E-state index in [1.54, 1.807) is 18.2 Å². The molecule has 2 unspecified atom stereocenters. The van der Waals surface area contributed by atoms with Crippen LogP contribution in [0.5, 0.6) is 0 Å². The van der Waals surface area contributed by atoms with Crippen LogP contribution in [0.2, 0.25) is 0 Å². The summed E-state index contributed by atoms with van der Waals surface area (Å²) >= 11 is 0. The van der Waals surface area contributed by atoms with E-state index in [0.717, 1.165) is 32.7 Å². The predicted octanol–water partition coefficient (Wildman–Crippen LogP) is 2.36. The van der Waals surface area contributed by atoms with Crippen molar-refractivity contribution in [3.8, 4) is 0 Å². The number of hydrogen-bond donors (Lipinski definition) is 1. The maximum atomic E-state index is 13.5. The SMILES string of the molecule is CCC1CN(CCC(O)c2ccccc2F)CCO1. The third-order valence-corrected chi connectivity index (χ3v) is 3.66. The van der Waals surface area contributed by atoms with Gasteiger partial charge in [-0.3, -0.25) is 4.90 Å². The largest absolute Gasteiger partial charge is 0.388 e. The summed E-state index contributed by atoms with van der Waals surface area (Å²) in [5.41, 5.74) is 0.391. The molecule has 0 aromatic heterocycles. The van der Waals surface area contributed by atoms with Crippen molar-refractivity contribution in [3.05, 3.63) is 35.6 Å². The fourth-order valence-electron chi connectivity index (χ4n) is 2.44. The van der Waals surface area contributed by atoms with E-state index in [-0.39, 0.29) is 5.82 Å². The molecule has 0 spiro atoms. The molecule has 4 heteroatoms. The molecular formula is C15H22FNO2. The van der Waals surface area contributed by atoms with E-state index in [4.69, 9.17) is 4.74 Å². The summed E-state index contributed by atoms with van der Waals surface area (Å²) < 4.78 is 19.1. The Kier molecular flexibility index (Phi) is 5.31. The second-order valence-electron chi connectivity index (χ2n) is 5.03. The molecule has 2 atom stereocenters. The molecule has 19 heavy (non-hydrogen) atoms. The molecule has 1 N–H and O–H groups in total. The van der Waals surface area contributed by atoms with Gasteiger partial charge in [-0.1, -0.05) is 25.1 Å². The third kappa shape index (κ3) is 4.00. The molecule has 3 nitrogen and oxygen atoms in total. The number of aliphatic hydroxyl groups is 1. The number of benzene rings is 1. The van der Waals surface area contributed by atoms with Gasteiger partial charge in [0.2, 0.25) is 0 Å². The summed E-state index contributed by atoms with van der Waals surface area (Å²) in [5.74, 6) is -0.330. The molecule has 1 aromatic carbocycles. The van der Waals surface area contributed by atoms with Crippen LogP contribution >= 0.6 is 0 Å². The lowest BCUT2D eigenvalue weighted by atomic mass is 10.1. The highest BCUT2D eigenvalue weighted by Gasteiger charge is 2.20. The first-order valence-corrected chi connectivity index (χ1v) is 6.97. The lowest BCUT2D eigenvalue weighted by Gasteiger charge is -2.32. The smallest absolute Gasteiger partial charge is 0.128 e. The molecule has 2 rings (SSSR count). The zero-order valence-electron chi connectivity index (χ0n) is 11.4. The summed E-state index contributed by atoms with van der Waals surface area (Å²) in [5, 5.41) is 10.1. The Morgan fingerprint density at radius 2 is 2.26 bits per heavy atom. The molecule has 0 bridgehead atoms. The van der Waals surface area contributed by atoms with Gasteiger partial charge in [-0.2, -0.15) is 0 Å². The van der Waals surface area contributed by atoms with Crippen molar-refractivity contribution in [1.29, 1.82) is 0 Å². The van der Waals surface area contributed by atoms with E-state index >= 15 is 0 Å². The Morgan fingerprint density at radius 3 is 3.00 bits per heavy atom. The minimum atomic E-state index is -0.732. The second kappa shape index (κ2) is 6.98. The highest BCUT2D eigenvalue weighted by molar-refractivity contribution is 5.19. The Hall–Kier alpha value is -0.970. The highest BCUT2D eigenvalue weighted by Crippen LogP contribution is 2.20. The molecule has 106 valence electrons. The molecule has 1 fully saturated rings. The van der Waals surface area contributed by atoms with E-state index < -0.39 is 6.10 Å². The van der Waals surface area contributed by atoms with Crippen LogP contribution in [0.4, 0.5) is 4.39 Å². The van der Waals surface area contributed by atoms with Gasteiger partial charge in [-0.15, -0.1) is 0 Å². The summed E-state index contributed by atoms with van der Waals surface area (Å²) in [4.78, 5) is 2.28. The Morgan fingerprint density at radius 1 is 1.47 bits per heavy atom. The summed E-state index contributed by atoms with van der Waals surface area (Å²) in [6, 6.07) is 6.43. The van der Waals surface area contributed by atoms with Crippen LogP contribution in [0.1, 0.15) is 31.4 Å². The fourth-order valence-corrected chi connectivity index (χ4v) is 2.44. The Labute approximate surface area is 114 Å². The molecule has 1 saturated heterocycles. The minimum Gasteiger partial charge on any atom is -0.388 e. The third-order valence-electron chi connectivity index (χ3n) is 3.66. The standard InChI is InChI=1S/C15H22FNO2/c1-2-12-11-17(9-10-19-12)8-7-15(18)13-5-3-4-6-14(13)16/h3-6,12,15,18H,2,7-11H2,1H3. The van der Waals surface area contributed by atoms with Crippen LogP contribution in [0, 0.1) is 5.82 Å². The second-order valence-corrected chi connectivity index (χ2v) is 5.03. The normalized spacial score (nSPS) is 22.4. The van der Waals surface area contributed by atoms with Crippen molar-refractivity contribution in [2.45, 2.75) is 32.0 Å². The number of nitrogens with zero attached hydrogens (tertiary/aromatic N) is 1. The Balaban J connectivity index is 1.83. The van der Waals surface area contributed by atoms with Crippen LogP contribution in [0.15, 0.2) is 24.3 Å². The van der Waals surface area contributed by atoms with Gasteiger partial charge >= 0.3 is 0 Å². The van der Waals surface area contributed by atoms with Gasteiger partial charge in [0.15, 0.2) is 0 Å². The number of rotatable bonds is 5. The van der Waals surface area contributed by atoms with Crippen LogP contribution < -0.4 is 0 Å². The van der Waals surface area contributed by atoms with Gasteiger partial charge in [0.25, 0.3) is 0 Å². The molecule has 1 aliphatic rings. The molecular weight excluding hydrogens is 245 g/mol. The van der Waals surface area contributed by atoms with Crippen molar-refractivity contribution in [3.63, 3.8) is 0 Å². The van der Waals surface area contributed by atoms with Crippen LogP contribution in [-0.2, 0) is 4.74 Å². The van der Waals surface area contributed by atoms with Crippen LogP contribution in [0.3, 0.4) is 0 Å². The number of morpholine rings is 1. The van der Waals surface area contributed by atoms with E-state index in [1.165, 1.54) is 6.07 Å². The number of aliphatic hydroxyl groups excluding tert-OH is 1. The van der Waals surface area contributed by atoms with E-state index in [0.29, 0.717) is 18.1 Å².